The van der Waals surface area contributed by atoms with Crippen LogP contribution in [-0.4, -0.2) is 23.1 Å². The molecule has 1 heterocycles. The second-order valence-electron chi connectivity index (χ2n) is 6.73. The van der Waals surface area contributed by atoms with E-state index >= 15 is 0 Å². The van der Waals surface area contributed by atoms with Crippen LogP contribution in [0, 0.1) is 0 Å². The molecule has 2 aliphatic rings. The lowest BCUT2D eigenvalue weighted by Gasteiger charge is -2.25. The predicted molar refractivity (Wildman–Crippen MR) is 99.3 cm³/mol. The molecule has 1 amide bonds. The van der Waals surface area contributed by atoms with Gasteiger partial charge in [-0.05, 0) is 60.9 Å². The molecule has 1 unspecified atom stereocenters. The summed E-state index contributed by atoms with van der Waals surface area (Å²) in [5.41, 5.74) is 4.25. The Labute approximate surface area is 148 Å². The zero-order valence-electron chi connectivity index (χ0n) is 13.9. The highest BCUT2D eigenvalue weighted by Crippen LogP contribution is 2.33. The van der Waals surface area contributed by atoms with E-state index in [0.717, 1.165) is 19.4 Å². The summed E-state index contributed by atoms with van der Waals surface area (Å²) in [6.45, 7) is 0.892. The fraction of sp³-hybridized carbons (Fsp3) is 0.381. The molecule has 3 heteroatoms. The van der Waals surface area contributed by atoms with Gasteiger partial charge in [0.05, 0.1) is 11.8 Å². The van der Waals surface area contributed by atoms with Crippen LogP contribution in [0.5, 0.6) is 0 Å². The molecule has 1 saturated heterocycles. The van der Waals surface area contributed by atoms with Crippen molar-refractivity contribution in [3.05, 3.63) is 65.2 Å². The number of hydrogen-bond donors (Lipinski definition) is 0. The molecule has 0 saturated carbocycles. The van der Waals surface area contributed by atoms with Gasteiger partial charge in [-0.2, -0.15) is 0 Å². The van der Waals surface area contributed by atoms with Gasteiger partial charge >= 0.3 is 0 Å². The maximum atomic E-state index is 12.7. The molecule has 0 radical (unpaired) electrons. The minimum Gasteiger partial charge on any atom is -0.335 e. The zero-order chi connectivity index (χ0) is 16.4. The largest absolute Gasteiger partial charge is 0.335 e. The smallest absolute Gasteiger partial charge is 0.233 e. The minimum atomic E-state index is 0.263. The highest BCUT2D eigenvalue weighted by molar-refractivity contribution is 8.00. The molecule has 1 aliphatic heterocycles. The number of likely N-dealkylation sites (tertiary alicyclic amines) is 1. The third-order valence-corrected chi connectivity index (χ3v) is 6.17. The quantitative estimate of drug-likeness (QED) is 0.758. The van der Waals surface area contributed by atoms with Crippen LogP contribution in [0.4, 0.5) is 0 Å². The van der Waals surface area contributed by atoms with E-state index < -0.39 is 0 Å². The molecule has 1 fully saturated rings. The second kappa shape index (κ2) is 7.02. The van der Waals surface area contributed by atoms with Crippen molar-refractivity contribution in [2.24, 2.45) is 0 Å². The Bertz CT molecular complexity index is 728. The maximum absolute atomic E-state index is 12.7. The van der Waals surface area contributed by atoms with Gasteiger partial charge in [0.15, 0.2) is 0 Å². The molecule has 0 bridgehead atoms. The first-order chi connectivity index (χ1) is 11.8. The second-order valence-corrected chi connectivity index (χ2v) is 7.78. The summed E-state index contributed by atoms with van der Waals surface area (Å²) in [5, 5.41) is 0. The number of aryl methyl sites for hydroxylation is 2. The topological polar surface area (TPSA) is 20.3 Å². The summed E-state index contributed by atoms with van der Waals surface area (Å²) in [5.74, 6) is 0.814. The van der Waals surface area contributed by atoms with E-state index in [-0.39, 0.29) is 11.9 Å². The van der Waals surface area contributed by atoms with Crippen molar-refractivity contribution in [3.63, 3.8) is 0 Å². The Kier molecular flexibility index (Phi) is 4.61. The van der Waals surface area contributed by atoms with E-state index in [1.807, 2.05) is 6.07 Å². The molecular formula is C21H23NOS. The Balaban J connectivity index is 1.40. The van der Waals surface area contributed by atoms with Crippen LogP contribution in [0.1, 0.15) is 42.0 Å². The number of carbonyl (C=O) groups is 1. The van der Waals surface area contributed by atoms with Gasteiger partial charge in [0.25, 0.3) is 0 Å². The van der Waals surface area contributed by atoms with Gasteiger partial charge < -0.3 is 4.90 Å². The first kappa shape index (κ1) is 15.8. The summed E-state index contributed by atoms with van der Waals surface area (Å²) in [6.07, 6.45) is 5.87. The molecular weight excluding hydrogens is 314 g/mol. The molecule has 2 aromatic carbocycles. The monoisotopic (exact) mass is 337 g/mol. The van der Waals surface area contributed by atoms with Gasteiger partial charge in [-0.1, -0.05) is 36.4 Å². The summed E-state index contributed by atoms with van der Waals surface area (Å²) in [7, 11) is 0. The molecule has 124 valence electrons. The molecule has 1 atom stereocenters. The molecule has 24 heavy (non-hydrogen) atoms. The van der Waals surface area contributed by atoms with Gasteiger partial charge in [-0.25, -0.2) is 0 Å². The van der Waals surface area contributed by atoms with Crippen molar-refractivity contribution >= 4 is 17.7 Å². The maximum Gasteiger partial charge on any atom is 0.233 e. The van der Waals surface area contributed by atoms with Crippen LogP contribution in [0.3, 0.4) is 0 Å². The van der Waals surface area contributed by atoms with Crippen LogP contribution >= 0.6 is 11.8 Å². The van der Waals surface area contributed by atoms with Crippen LogP contribution in [0.25, 0.3) is 0 Å². The third-order valence-electron chi connectivity index (χ3n) is 5.19. The number of carbonyl (C=O) groups excluding carboxylic acids is 1. The highest BCUT2D eigenvalue weighted by atomic mass is 32.2. The van der Waals surface area contributed by atoms with Crippen molar-refractivity contribution < 1.29 is 4.79 Å². The molecule has 4 rings (SSSR count). The number of fused-ring (bicyclic) bond motifs is 1. The fourth-order valence-corrected chi connectivity index (χ4v) is 4.80. The summed E-state index contributed by atoms with van der Waals surface area (Å²) >= 11 is 1.69. The van der Waals surface area contributed by atoms with Crippen molar-refractivity contribution in [1.82, 2.24) is 4.90 Å². The van der Waals surface area contributed by atoms with Crippen LogP contribution < -0.4 is 0 Å². The lowest BCUT2D eigenvalue weighted by atomic mass is 10.0. The van der Waals surface area contributed by atoms with E-state index in [4.69, 9.17) is 0 Å². The Hall–Kier alpha value is -1.74. The van der Waals surface area contributed by atoms with E-state index in [1.165, 1.54) is 40.8 Å². The number of hydrogen-bond acceptors (Lipinski definition) is 2. The SMILES string of the molecule is O=C(CSc1ccc2c(c1)CCC2)N1CCCC1c1ccccc1. The molecule has 0 N–H and O–H groups in total. The third kappa shape index (κ3) is 3.23. The number of rotatable bonds is 4. The van der Waals surface area contributed by atoms with E-state index in [0.29, 0.717) is 5.75 Å². The molecule has 1 aliphatic carbocycles. The number of nitrogens with zero attached hydrogens (tertiary/aromatic N) is 1. The summed E-state index contributed by atoms with van der Waals surface area (Å²) in [4.78, 5) is 16.1. The van der Waals surface area contributed by atoms with Gasteiger partial charge in [-0.3, -0.25) is 4.79 Å². The van der Waals surface area contributed by atoms with Crippen LogP contribution in [0.2, 0.25) is 0 Å². The number of amides is 1. The molecule has 2 nitrogen and oxygen atoms in total. The van der Waals surface area contributed by atoms with Crippen LogP contribution in [-0.2, 0) is 17.6 Å². The van der Waals surface area contributed by atoms with Gasteiger partial charge in [-0.15, -0.1) is 11.8 Å². The first-order valence-corrected chi connectivity index (χ1v) is 9.89. The van der Waals surface area contributed by atoms with Gasteiger partial charge in [0.2, 0.25) is 5.91 Å². The van der Waals surface area contributed by atoms with Crippen molar-refractivity contribution in [1.29, 1.82) is 0 Å². The van der Waals surface area contributed by atoms with Crippen molar-refractivity contribution in [2.75, 3.05) is 12.3 Å². The summed E-state index contributed by atoms with van der Waals surface area (Å²) in [6, 6.07) is 17.4. The number of benzene rings is 2. The zero-order valence-corrected chi connectivity index (χ0v) is 14.7. The van der Waals surface area contributed by atoms with Crippen molar-refractivity contribution in [3.8, 4) is 0 Å². The lowest BCUT2D eigenvalue weighted by Crippen LogP contribution is -2.31. The summed E-state index contributed by atoms with van der Waals surface area (Å²) < 4.78 is 0. The minimum absolute atomic E-state index is 0.263. The van der Waals surface area contributed by atoms with Gasteiger partial charge in [0.1, 0.15) is 0 Å². The predicted octanol–water partition coefficient (Wildman–Crippen LogP) is 4.63. The standard InChI is InChI=1S/C21H23NOS/c23-21(15-24-19-12-11-16-8-4-9-18(16)14-19)22-13-5-10-20(22)17-6-2-1-3-7-17/h1-3,6-7,11-12,14,20H,4-5,8-10,13,15H2. The van der Waals surface area contributed by atoms with Crippen LogP contribution in [0.15, 0.2) is 53.4 Å². The Morgan fingerprint density at radius 1 is 1.04 bits per heavy atom. The lowest BCUT2D eigenvalue weighted by molar-refractivity contribution is -0.129. The normalized spacial score (nSPS) is 19.5. The Morgan fingerprint density at radius 3 is 2.75 bits per heavy atom. The van der Waals surface area contributed by atoms with E-state index in [1.54, 1.807) is 11.8 Å². The average molecular weight is 337 g/mol. The molecule has 0 spiro atoms. The first-order valence-electron chi connectivity index (χ1n) is 8.90. The average Bonchev–Trinajstić information content (AvgIpc) is 3.29. The van der Waals surface area contributed by atoms with Gasteiger partial charge in [0, 0.05) is 11.4 Å². The number of thioether (sulfide) groups is 1. The highest BCUT2D eigenvalue weighted by Gasteiger charge is 2.29. The molecule has 0 aromatic heterocycles. The molecule has 2 aromatic rings. The Morgan fingerprint density at radius 2 is 1.88 bits per heavy atom. The van der Waals surface area contributed by atoms with Crippen molar-refractivity contribution in [2.45, 2.75) is 43.0 Å². The van der Waals surface area contributed by atoms with E-state index in [9.17, 15) is 4.79 Å². The fourth-order valence-electron chi connectivity index (χ4n) is 3.95. The van der Waals surface area contributed by atoms with E-state index in [2.05, 4.69) is 47.4 Å².